The van der Waals surface area contributed by atoms with Crippen LogP contribution < -0.4 is 0 Å². The van der Waals surface area contributed by atoms with Crippen molar-refractivity contribution in [1.82, 2.24) is 19.9 Å². The van der Waals surface area contributed by atoms with E-state index >= 15 is 0 Å². The van der Waals surface area contributed by atoms with Crippen molar-refractivity contribution in [2.45, 2.75) is 55.4 Å². The van der Waals surface area contributed by atoms with Gasteiger partial charge >= 0.3 is 0 Å². The fourth-order valence-corrected chi connectivity index (χ4v) is 4.52. The van der Waals surface area contributed by atoms with Crippen molar-refractivity contribution in [1.29, 1.82) is 0 Å². The lowest BCUT2D eigenvalue weighted by molar-refractivity contribution is 1.29. The van der Waals surface area contributed by atoms with Gasteiger partial charge in [-0.1, -0.05) is 0 Å². The SMILES string of the molecule is CC1=C(C)c2cc3[nH]c(cc4nc(cc5[nH]c(cc1n2)c(C)c5C)C(C)=C4C)c(C)c3C. The molecule has 5 heterocycles. The summed E-state index contributed by atoms with van der Waals surface area (Å²) in [4.78, 5) is 17.3. The molecule has 0 saturated heterocycles. The van der Waals surface area contributed by atoms with Crippen LogP contribution in [0, 0.1) is 27.7 Å². The highest BCUT2D eigenvalue weighted by molar-refractivity contribution is 5.93. The van der Waals surface area contributed by atoms with Crippen LogP contribution in [0.2, 0.25) is 0 Å². The Balaban J connectivity index is 1.99. The van der Waals surface area contributed by atoms with Crippen LogP contribution in [0.3, 0.4) is 0 Å². The van der Waals surface area contributed by atoms with Crippen molar-refractivity contribution >= 4 is 44.4 Å². The minimum atomic E-state index is 1.02. The van der Waals surface area contributed by atoms with Gasteiger partial charge in [0, 0.05) is 22.1 Å². The summed E-state index contributed by atoms with van der Waals surface area (Å²) in [7, 11) is 0. The van der Waals surface area contributed by atoms with E-state index in [2.05, 4.69) is 89.6 Å². The Morgan fingerprint density at radius 1 is 0.406 bits per heavy atom. The molecule has 3 aromatic heterocycles. The maximum absolute atomic E-state index is 5.00. The lowest BCUT2D eigenvalue weighted by atomic mass is 10.1. The molecule has 8 bridgehead atoms. The number of aromatic nitrogens is 4. The summed E-state index contributed by atoms with van der Waals surface area (Å²) < 4.78 is 0. The fourth-order valence-electron chi connectivity index (χ4n) is 4.52. The molecule has 0 aliphatic carbocycles. The molecule has 0 unspecified atom stereocenters. The first-order chi connectivity index (χ1) is 15.2. The predicted octanol–water partition coefficient (Wildman–Crippen LogP) is 7.45. The first-order valence-corrected chi connectivity index (χ1v) is 11.2. The number of rotatable bonds is 0. The van der Waals surface area contributed by atoms with Gasteiger partial charge in [0.15, 0.2) is 0 Å². The molecule has 4 heteroatoms. The number of hydrogen-bond acceptors (Lipinski definition) is 2. The number of H-pyrrole nitrogens is 2. The number of aromatic amines is 2. The van der Waals surface area contributed by atoms with Gasteiger partial charge in [0.05, 0.1) is 22.8 Å². The molecule has 0 atom stereocenters. The second-order valence-corrected chi connectivity index (χ2v) is 9.25. The number of nitrogens with one attached hydrogen (secondary N) is 2. The zero-order chi connectivity index (χ0) is 22.9. The number of hydrogen-bond donors (Lipinski definition) is 2. The lowest BCUT2D eigenvalue weighted by Crippen LogP contribution is -1.79. The van der Waals surface area contributed by atoms with Crippen molar-refractivity contribution in [3.8, 4) is 0 Å². The number of aryl methyl sites for hydroxylation is 4. The normalized spacial score (nSPS) is 14.0. The Labute approximate surface area is 189 Å². The van der Waals surface area contributed by atoms with Crippen LogP contribution in [0.15, 0.2) is 24.3 Å². The predicted molar refractivity (Wildman–Crippen MR) is 136 cm³/mol. The Hall–Kier alpha value is -3.40. The first-order valence-electron chi connectivity index (χ1n) is 11.2. The smallest absolute Gasteiger partial charge is 0.0690 e. The van der Waals surface area contributed by atoms with Crippen molar-refractivity contribution in [2.24, 2.45) is 0 Å². The maximum Gasteiger partial charge on any atom is 0.0690 e. The average Bonchev–Trinajstić information content (AvgIpc) is 3.37. The van der Waals surface area contributed by atoms with Gasteiger partial charge in [-0.3, -0.25) is 0 Å². The van der Waals surface area contributed by atoms with Crippen molar-refractivity contribution in [3.63, 3.8) is 0 Å². The summed E-state index contributed by atoms with van der Waals surface area (Å²) in [6.45, 7) is 17.3. The zero-order valence-corrected chi connectivity index (χ0v) is 20.2. The van der Waals surface area contributed by atoms with Gasteiger partial charge in [0.2, 0.25) is 0 Å². The monoisotopic (exact) mass is 422 g/mol. The highest BCUT2D eigenvalue weighted by Gasteiger charge is 2.16. The summed E-state index contributed by atoms with van der Waals surface area (Å²) in [6.07, 6.45) is 0. The summed E-state index contributed by atoms with van der Waals surface area (Å²) in [5.41, 5.74) is 18.4. The third kappa shape index (κ3) is 2.97. The Kier molecular flexibility index (Phi) is 4.52. The molecule has 5 rings (SSSR count). The van der Waals surface area contributed by atoms with E-state index in [-0.39, 0.29) is 0 Å². The van der Waals surface area contributed by atoms with Crippen LogP contribution in [0.1, 0.15) is 72.7 Å². The van der Waals surface area contributed by atoms with Crippen LogP contribution in [0.5, 0.6) is 0 Å². The molecule has 0 radical (unpaired) electrons. The molecule has 2 aliphatic rings. The molecule has 0 amide bonds. The number of allylic oxidation sites excluding steroid dienone is 4. The van der Waals surface area contributed by atoms with Crippen LogP contribution in [0.4, 0.5) is 0 Å². The van der Waals surface area contributed by atoms with E-state index in [4.69, 9.17) is 9.97 Å². The van der Waals surface area contributed by atoms with Gasteiger partial charge in [-0.2, -0.15) is 0 Å². The molecule has 0 fully saturated rings. The minimum Gasteiger partial charge on any atom is -0.355 e. The molecule has 0 aromatic carbocycles. The van der Waals surface area contributed by atoms with Crippen molar-refractivity contribution < 1.29 is 0 Å². The van der Waals surface area contributed by atoms with Gasteiger partial charge in [-0.05, 0) is 124 Å². The van der Waals surface area contributed by atoms with E-state index in [1.807, 2.05) is 0 Å². The van der Waals surface area contributed by atoms with Gasteiger partial charge in [-0.25, -0.2) is 9.97 Å². The third-order valence-electron chi connectivity index (χ3n) is 7.55. The Morgan fingerprint density at radius 2 is 0.625 bits per heavy atom. The van der Waals surface area contributed by atoms with Gasteiger partial charge in [-0.15, -0.1) is 0 Å². The van der Waals surface area contributed by atoms with E-state index in [1.165, 1.54) is 44.5 Å². The summed E-state index contributed by atoms with van der Waals surface area (Å²) in [5.74, 6) is 0. The molecule has 4 nitrogen and oxygen atoms in total. The summed E-state index contributed by atoms with van der Waals surface area (Å²) in [6, 6.07) is 8.72. The van der Waals surface area contributed by atoms with Crippen molar-refractivity contribution in [3.05, 3.63) is 69.3 Å². The Morgan fingerprint density at radius 3 is 0.844 bits per heavy atom. The van der Waals surface area contributed by atoms with E-state index in [1.54, 1.807) is 0 Å². The first kappa shape index (κ1) is 20.5. The zero-order valence-electron chi connectivity index (χ0n) is 20.2. The molecule has 0 spiro atoms. The summed E-state index contributed by atoms with van der Waals surface area (Å²) in [5, 5.41) is 0. The van der Waals surface area contributed by atoms with Crippen LogP contribution >= 0.6 is 0 Å². The van der Waals surface area contributed by atoms with Crippen molar-refractivity contribution in [2.75, 3.05) is 0 Å². The second-order valence-electron chi connectivity index (χ2n) is 9.25. The quantitative estimate of drug-likeness (QED) is 0.395. The van der Waals surface area contributed by atoms with Crippen LogP contribution in [-0.2, 0) is 0 Å². The van der Waals surface area contributed by atoms with Gasteiger partial charge in [0.25, 0.3) is 0 Å². The van der Waals surface area contributed by atoms with Crippen LogP contribution in [-0.4, -0.2) is 19.9 Å². The molecule has 3 aromatic rings. The molecule has 162 valence electrons. The molecular formula is C28H30N4. The largest absolute Gasteiger partial charge is 0.355 e. The molecule has 2 N–H and O–H groups in total. The maximum atomic E-state index is 5.00. The average molecular weight is 423 g/mol. The molecule has 0 saturated carbocycles. The number of fused-ring (bicyclic) bond motifs is 8. The highest BCUT2D eigenvalue weighted by atomic mass is 14.8. The molecule has 2 aliphatic heterocycles. The number of nitrogens with zero attached hydrogens (tertiary/aromatic N) is 2. The highest BCUT2D eigenvalue weighted by Crippen LogP contribution is 2.33. The summed E-state index contributed by atoms with van der Waals surface area (Å²) >= 11 is 0. The minimum absolute atomic E-state index is 1.02. The van der Waals surface area contributed by atoms with E-state index in [0.717, 1.165) is 44.8 Å². The standard InChI is InChI=1S/C28H30N4/c1-13-14(2)22-10-24-17(5)18(6)26(31-24)12-28-20(8)19(7)27(32-28)11-25-16(4)15(3)23(30-25)9-21(13)29-22/h9-12,29,32H,1-8H3. The second kappa shape index (κ2) is 7.06. The fraction of sp³-hybridized carbons (Fsp3) is 0.286. The topological polar surface area (TPSA) is 57.4 Å². The van der Waals surface area contributed by atoms with E-state index in [0.29, 0.717) is 0 Å². The van der Waals surface area contributed by atoms with E-state index in [9.17, 15) is 0 Å². The lowest BCUT2D eigenvalue weighted by Gasteiger charge is -1.95. The van der Waals surface area contributed by atoms with E-state index < -0.39 is 0 Å². The molecule has 32 heavy (non-hydrogen) atoms. The molecular weight excluding hydrogens is 392 g/mol. The Bertz CT molecular complexity index is 1310. The van der Waals surface area contributed by atoms with Gasteiger partial charge < -0.3 is 9.97 Å². The third-order valence-corrected chi connectivity index (χ3v) is 7.55. The van der Waals surface area contributed by atoms with Gasteiger partial charge in [0.1, 0.15) is 0 Å². The van der Waals surface area contributed by atoms with Crippen LogP contribution in [0.25, 0.3) is 44.4 Å².